The van der Waals surface area contributed by atoms with E-state index in [1.165, 1.54) is 18.0 Å². The van der Waals surface area contributed by atoms with E-state index in [0.29, 0.717) is 0 Å². The van der Waals surface area contributed by atoms with Crippen LogP contribution in [0, 0.1) is 0 Å². The van der Waals surface area contributed by atoms with Crippen molar-refractivity contribution in [1.82, 2.24) is 4.90 Å². The van der Waals surface area contributed by atoms with Crippen molar-refractivity contribution in [3.63, 3.8) is 0 Å². The highest BCUT2D eigenvalue weighted by Gasteiger charge is 2.10. The van der Waals surface area contributed by atoms with Gasteiger partial charge in [-0.1, -0.05) is 13.3 Å². The summed E-state index contributed by atoms with van der Waals surface area (Å²) >= 11 is 1.81. The summed E-state index contributed by atoms with van der Waals surface area (Å²) in [6.07, 6.45) is 4.66. The maximum atomic E-state index is 2.31. The van der Waals surface area contributed by atoms with Crippen LogP contribution in [0.3, 0.4) is 0 Å². The molecule has 0 saturated heterocycles. The molecule has 12 heavy (non-hydrogen) atoms. The molecular weight excluding hydrogens is 168 g/mol. The van der Waals surface area contributed by atoms with Crippen molar-refractivity contribution in [2.45, 2.75) is 19.8 Å². The third-order valence-corrected chi connectivity index (χ3v) is 2.78. The van der Waals surface area contributed by atoms with Gasteiger partial charge in [-0.15, -0.1) is 0 Å². The fourth-order valence-corrected chi connectivity index (χ4v) is 1.94. The molecule has 0 radical (unpaired) electrons. The summed E-state index contributed by atoms with van der Waals surface area (Å²) in [7, 11) is 6.34. The Hall–Kier alpha value is -0.180. The molecule has 0 spiro atoms. The van der Waals surface area contributed by atoms with E-state index in [1.54, 1.807) is 11.8 Å². The predicted octanol–water partition coefficient (Wildman–Crippen LogP) is 1.71. The van der Waals surface area contributed by atoms with Gasteiger partial charge in [-0.3, -0.25) is 9.48 Å². The molecule has 0 aromatic rings. The standard InChI is InChI=1S/C9H21N2S/c1-6-7-8-11(4)9(12-5)10(2)3/h6-8H2,1-5H3/q+1. The van der Waals surface area contributed by atoms with Gasteiger partial charge in [0.1, 0.15) is 0 Å². The summed E-state index contributed by atoms with van der Waals surface area (Å²) in [4.78, 5) is 2.17. The van der Waals surface area contributed by atoms with Crippen molar-refractivity contribution in [2.24, 2.45) is 0 Å². The minimum atomic E-state index is 1.16. The molecule has 2 nitrogen and oxygen atoms in total. The van der Waals surface area contributed by atoms with Crippen LogP contribution in [0.25, 0.3) is 0 Å². The van der Waals surface area contributed by atoms with E-state index in [-0.39, 0.29) is 0 Å². The van der Waals surface area contributed by atoms with Gasteiger partial charge in [-0.2, -0.15) is 0 Å². The number of rotatable bonds is 3. The minimum absolute atomic E-state index is 1.16. The van der Waals surface area contributed by atoms with Crippen molar-refractivity contribution < 1.29 is 4.58 Å². The Morgan fingerprint density at radius 2 is 2.00 bits per heavy atom. The number of hydrogen-bond donors (Lipinski definition) is 0. The maximum absolute atomic E-state index is 2.31. The van der Waals surface area contributed by atoms with Crippen LogP contribution < -0.4 is 0 Å². The molecule has 0 N–H and O–H groups in total. The highest BCUT2D eigenvalue weighted by molar-refractivity contribution is 8.12. The van der Waals surface area contributed by atoms with Crippen molar-refractivity contribution in [3.05, 3.63) is 0 Å². The van der Waals surface area contributed by atoms with Gasteiger partial charge in [0.25, 0.3) is 0 Å². The monoisotopic (exact) mass is 189 g/mol. The molecule has 0 amide bonds. The fraction of sp³-hybridized carbons (Fsp3) is 0.889. The first-order valence-electron chi connectivity index (χ1n) is 4.42. The number of unbranched alkanes of at least 4 members (excludes halogenated alkanes) is 1. The Bertz CT molecular complexity index is 153. The molecule has 3 heteroatoms. The second-order valence-electron chi connectivity index (χ2n) is 3.16. The van der Waals surface area contributed by atoms with Gasteiger partial charge >= 0.3 is 5.17 Å². The van der Waals surface area contributed by atoms with E-state index in [0.717, 1.165) is 6.54 Å². The first-order valence-corrected chi connectivity index (χ1v) is 5.65. The molecule has 0 bridgehead atoms. The van der Waals surface area contributed by atoms with E-state index in [9.17, 15) is 0 Å². The third-order valence-electron chi connectivity index (χ3n) is 1.74. The van der Waals surface area contributed by atoms with E-state index in [4.69, 9.17) is 0 Å². The van der Waals surface area contributed by atoms with E-state index in [1.807, 2.05) is 0 Å². The first-order chi connectivity index (χ1) is 5.63. The Labute approximate surface area is 80.6 Å². The molecule has 0 atom stereocenters. The van der Waals surface area contributed by atoms with E-state index >= 15 is 0 Å². The van der Waals surface area contributed by atoms with Crippen LogP contribution in [-0.4, -0.2) is 48.6 Å². The molecule has 0 aromatic carbocycles. The summed E-state index contributed by atoms with van der Waals surface area (Å²) in [5.41, 5.74) is 0. The number of thioether (sulfide) groups is 1. The number of hydrogen-bond acceptors (Lipinski definition) is 1. The second-order valence-corrected chi connectivity index (χ2v) is 3.93. The molecule has 0 rings (SSSR count). The zero-order valence-electron chi connectivity index (χ0n) is 8.92. The second kappa shape index (κ2) is 6.35. The average molecular weight is 189 g/mol. The van der Waals surface area contributed by atoms with E-state index < -0.39 is 0 Å². The zero-order chi connectivity index (χ0) is 9.56. The predicted molar refractivity (Wildman–Crippen MR) is 58.2 cm³/mol. The molecule has 0 heterocycles. The molecule has 0 unspecified atom stereocenters. The molecule has 0 aliphatic heterocycles. The number of amidine groups is 1. The summed E-state index contributed by atoms with van der Waals surface area (Å²) < 4.78 is 2.31. The first kappa shape index (κ1) is 11.8. The minimum Gasteiger partial charge on any atom is -0.262 e. The third kappa shape index (κ3) is 4.00. The maximum Gasteiger partial charge on any atom is 0.307 e. The van der Waals surface area contributed by atoms with Crippen LogP contribution in [0.15, 0.2) is 0 Å². The SMILES string of the molecule is CCCC/[N+](C)=C(/SC)N(C)C. The topological polar surface area (TPSA) is 6.25 Å². The Morgan fingerprint density at radius 3 is 2.33 bits per heavy atom. The van der Waals surface area contributed by atoms with Gasteiger partial charge in [0, 0.05) is 0 Å². The highest BCUT2D eigenvalue weighted by Crippen LogP contribution is 2.01. The lowest BCUT2D eigenvalue weighted by Gasteiger charge is -2.10. The van der Waals surface area contributed by atoms with Crippen LogP contribution in [0.4, 0.5) is 0 Å². The fourth-order valence-electron chi connectivity index (χ4n) is 1.17. The molecule has 0 aliphatic carbocycles. The zero-order valence-corrected chi connectivity index (χ0v) is 9.74. The lowest BCUT2D eigenvalue weighted by atomic mass is 10.3. The van der Waals surface area contributed by atoms with Gasteiger partial charge < -0.3 is 0 Å². The van der Waals surface area contributed by atoms with Crippen molar-refractivity contribution in [1.29, 1.82) is 0 Å². The Balaban J connectivity index is 4.17. The molecule has 0 aliphatic rings. The molecule has 0 aromatic heterocycles. The molecule has 72 valence electrons. The summed E-state index contributed by atoms with van der Waals surface area (Å²) in [6.45, 7) is 3.38. The number of nitrogens with zero attached hydrogens (tertiary/aromatic N) is 2. The van der Waals surface area contributed by atoms with Crippen LogP contribution in [0.1, 0.15) is 19.8 Å². The van der Waals surface area contributed by atoms with Gasteiger partial charge in [0.05, 0.1) is 27.7 Å². The van der Waals surface area contributed by atoms with E-state index in [2.05, 4.69) is 43.8 Å². The van der Waals surface area contributed by atoms with Crippen molar-refractivity contribution in [3.8, 4) is 0 Å². The Kier molecular flexibility index (Phi) is 6.25. The smallest absolute Gasteiger partial charge is 0.262 e. The van der Waals surface area contributed by atoms with Crippen LogP contribution in [0.2, 0.25) is 0 Å². The lowest BCUT2D eigenvalue weighted by molar-refractivity contribution is -0.499. The van der Waals surface area contributed by atoms with Gasteiger partial charge in [-0.25, -0.2) is 0 Å². The van der Waals surface area contributed by atoms with Crippen LogP contribution in [-0.2, 0) is 0 Å². The highest BCUT2D eigenvalue weighted by atomic mass is 32.2. The average Bonchev–Trinajstić information content (AvgIpc) is 2.01. The quantitative estimate of drug-likeness (QED) is 0.379. The molecule has 0 saturated carbocycles. The molecular formula is C9H21N2S+. The molecule has 0 fully saturated rings. The lowest BCUT2D eigenvalue weighted by Crippen LogP contribution is -2.28. The van der Waals surface area contributed by atoms with Crippen molar-refractivity contribution in [2.75, 3.05) is 33.9 Å². The van der Waals surface area contributed by atoms with Gasteiger partial charge in [0.15, 0.2) is 0 Å². The van der Waals surface area contributed by atoms with Gasteiger partial charge in [-0.05, 0) is 24.4 Å². The largest absolute Gasteiger partial charge is 0.307 e. The van der Waals surface area contributed by atoms with Crippen molar-refractivity contribution >= 4 is 16.9 Å². The van der Waals surface area contributed by atoms with Crippen LogP contribution in [0.5, 0.6) is 0 Å². The summed E-state index contributed by atoms with van der Waals surface area (Å²) in [5.74, 6) is 0. The van der Waals surface area contributed by atoms with Gasteiger partial charge in [0.2, 0.25) is 0 Å². The normalized spacial score (nSPS) is 12.8. The summed E-state index contributed by atoms with van der Waals surface area (Å²) in [6, 6.07) is 0. The Morgan fingerprint density at radius 1 is 1.42 bits per heavy atom. The van der Waals surface area contributed by atoms with Crippen LogP contribution >= 0.6 is 11.8 Å². The summed E-state index contributed by atoms with van der Waals surface area (Å²) in [5, 5.41) is 1.34.